The third kappa shape index (κ3) is 2.95. The SMILES string of the molecule is C=C/C=C\[C@@H](O)[C@@H]1COC(C)(C)O1. The lowest BCUT2D eigenvalue weighted by molar-refractivity contribution is -0.147. The van der Waals surface area contributed by atoms with Crippen molar-refractivity contribution in [3.8, 4) is 0 Å². The highest BCUT2D eigenvalue weighted by atomic mass is 16.7. The molecule has 1 aliphatic heterocycles. The van der Waals surface area contributed by atoms with Crippen LogP contribution in [-0.4, -0.2) is 29.7 Å². The molecule has 0 saturated carbocycles. The summed E-state index contributed by atoms with van der Waals surface area (Å²) in [4.78, 5) is 0. The average Bonchev–Trinajstić information content (AvgIpc) is 2.42. The quantitative estimate of drug-likeness (QED) is 0.671. The Morgan fingerprint density at radius 3 is 2.77 bits per heavy atom. The maximum atomic E-state index is 9.57. The molecule has 1 saturated heterocycles. The molecule has 2 atom stereocenters. The first-order valence-corrected chi connectivity index (χ1v) is 4.34. The van der Waals surface area contributed by atoms with E-state index in [1.165, 1.54) is 0 Å². The first kappa shape index (κ1) is 10.4. The molecule has 3 nitrogen and oxygen atoms in total. The van der Waals surface area contributed by atoms with Crippen molar-refractivity contribution in [2.75, 3.05) is 6.61 Å². The second-order valence-electron chi connectivity index (χ2n) is 3.48. The van der Waals surface area contributed by atoms with Crippen LogP contribution in [0, 0.1) is 0 Å². The second-order valence-corrected chi connectivity index (χ2v) is 3.48. The zero-order valence-corrected chi connectivity index (χ0v) is 8.06. The Balaban J connectivity index is 2.46. The fourth-order valence-electron chi connectivity index (χ4n) is 1.20. The largest absolute Gasteiger partial charge is 0.386 e. The van der Waals surface area contributed by atoms with Crippen LogP contribution in [0.15, 0.2) is 24.8 Å². The van der Waals surface area contributed by atoms with E-state index in [1.807, 2.05) is 13.8 Å². The lowest BCUT2D eigenvalue weighted by Crippen LogP contribution is -2.29. The van der Waals surface area contributed by atoms with E-state index in [9.17, 15) is 5.11 Å². The third-order valence-electron chi connectivity index (χ3n) is 1.86. The van der Waals surface area contributed by atoms with Crippen LogP contribution in [0.3, 0.4) is 0 Å². The summed E-state index contributed by atoms with van der Waals surface area (Å²) in [5, 5.41) is 9.57. The van der Waals surface area contributed by atoms with Gasteiger partial charge in [-0.2, -0.15) is 0 Å². The molecule has 13 heavy (non-hydrogen) atoms. The van der Waals surface area contributed by atoms with Crippen LogP contribution in [0.1, 0.15) is 13.8 Å². The molecule has 1 fully saturated rings. The molecular formula is C10H16O3. The van der Waals surface area contributed by atoms with Gasteiger partial charge in [-0.3, -0.25) is 0 Å². The van der Waals surface area contributed by atoms with Gasteiger partial charge in [0.25, 0.3) is 0 Å². The molecule has 0 spiro atoms. The van der Waals surface area contributed by atoms with Crippen LogP contribution in [0.4, 0.5) is 0 Å². The van der Waals surface area contributed by atoms with Crippen molar-refractivity contribution >= 4 is 0 Å². The molecule has 0 bridgehead atoms. The Morgan fingerprint density at radius 2 is 2.31 bits per heavy atom. The van der Waals surface area contributed by atoms with Crippen LogP contribution in [0.25, 0.3) is 0 Å². The van der Waals surface area contributed by atoms with E-state index in [0.717, 1.165) is 0 Å². The van der Waals surface area contributed by atoms with Crippen LogP contribution < -0.4 is 0 Å². The van der Waals surface area contributed by atoms with E-state index < -0.39 is 11.9 Å². The number of rotatable bonds is 3. The van der Waals surface area contributed by atoms with Crippen LogP contribution in [0.2, 0.25) is 0 Å². The molecule has 0 aromatic carbocycles. The minimum absolute atomic E-state index is 0.272. The van der Waals surface area contributed by atoms with Gasteiger partial charge in [0, 0.05) is 0 Å². The Hall–Kier alpha value is -0.640. The van der Waals surface area contributed by atoms with E-state index in [4.69, 9.17) is 9.47 Å². The molecule has 74 valence electrons. The summed E-state index contributed by atoms with van der Waals surface area (Å²) < 4.78 is 10.8. The Bertz CT molecular complexity index is 208. The van der Waals surface area contributed by atoms with Gasteiger partial charge in [-0.05, 0) is 13.8 Å². The van der Waals surface area contributed by atoms with E-state index in [-0.39, 0.29) is 6.10 Å². The van der Waals surface area contributed by atoms with Crippen LogP contribution in [0.5, 0.6) is 0 Å². The number of aliphatic hydroxyl groups is 1. The monoisotopic (exact) mass is 184 g/mol. The first-order chi connectivity index (χ1) is 6.05. The fourth-order valence-corrected chi connectivity index (χ4v) is 1.20. The summed E-state index contributed by atoms with van der Waals surface area (Å²) in [6, 6.07) is 0. The molecule has 0 aromatic rings. The topological polar surface area (TPSA) is 38.7 Å². The zero-order chi connectivity index (χ0) is 9.90. The van der Waals surface area contributed by atoms with Gasteiger partial charge in [0.1, 0.15) is 12.2 Å². The lowest BCUT2D eigenvalue weighted by Gasteiger charge is -2.18. The van der Waals surface area contributed by atoms with Crippen molar-refractivity contribution in [3.05, 3.63) is 24.8 Å². The summed E-state index contributed by atoms with van der Waals surface area (Å²) in [5.41, 5.74) is 0. The molecule has 1 N–H and O–H groups in total. The van der Waals surface area contributed by atoms with Crippen LogP contribution in [-0.2, 0) is 9.47 Å². The average molecular weight is 184 g/mol. The summed E-state index contributed by atoms with van der Waals surface area (Å²) in [5.74, 6) is -0.576. The summed E-state index contributed by atoms with van der Waals surface area (Å²) in [6.07, 6.45) is 4.05. The summed E-state index contributed by atoms with van der Waals surface area (Å²) >= 11 is 0. The minimum Gasteiger partial charge on any atom is -0.386 e. The predicted molar refractivity (Wildman–Crippen MR) is 50.2 cm³/mol. The van der Waals surface area contributed by atoms with Gasteiger partial charge < -0.3 is 14.6 Å². The van der Waals surface area contributed by atoms with E-state index >= 15 is 0 Å². The molecule has 1 rings (SSSR count). The summed E-state index contributed by atoms with van der Waals surface area (Å²) in [6.45, 7) is 7.60. The number of ether oxygens (including phenoxy) is 2. The molecule has 0 radical (unpaired) electrons. The lowest BCUT2D eigenvalue weighted by atomic mass is 10.2. The van der Waals surface area contributed by atoms with E-state index in [1.54, 1.807) is 18.2 Å². The molecule has 1 heterocycles. The van der Waals surface area contributed by atoms with E-state index in [2.05, 4.69) is 6.58 Å². The maximum absolute atomic E-state index is 9.57. The fraction of sp³-hybridized carbons (Fsp3) is 0.600. The van der Waals surface area contributed by atoms with Gasteiger partial charge >= 0.3 is 0 Å². The highest BCUT2D eigenvalue weighted by Gasteiger charge is 2.35. The summed E-state index contributed by atoms with van der Waals surface area (Å²) in [7, 11) is 0. The highest BCUT2D eigenvalue weighted by Crippen LogP contribution is 2.24. The Kier molecular flexibility index (Phi) is 3.25. The minimum atomic E-state index is -0.625. The molecule has 0 amide bonds. The van der Waals surface area contributed by atoms with Crippen molar-refractivity contribution in [1.29, 1.82) is 0 Å². The van der Waals surface area contributed by atoms with Crippen LogP contribution >= 0.6 is 0 Å². The molecule has 1 aliphatic rings. The molecular weight excluding hydrogens is 168 g/mol. The number of aliphatic hydroxyl groups excluding tert-OH is 1. The molecule has 0 unspecified atom stereocenters. The van der Waals surface area contributed by atoms with Gasteiger partial charge in [0.2, 0.25) is 0 Å². The maximum Gasteiger partial charge on any atom is 0.163 e. The number of hydrogen-bond donors (Lipinski definition) is 1. The van der Waals surface area contributed by atoms with Crippen molar-refractivity contribution < 1.29 is 14.6 Å². The molecule has 0 aliphatic carbocycles. The zero-order valence-electron chi connectivity index (χ0n) is 8.06. The number of allylic oxidation sites excluding steroid dienone is 2. The Labute approximate surface area is 78.7 Å². The van der Waals surface area contributed by atoms with Crippen molar-refractivity contribution in [3.63, 3.8) is 0 Å². The van der Waals surface area contributed by atoms with E-state index in [0.29, 0.717) is 6.61 Å². The standard InChI is InChI=1S/C10H16O3/c1-4-5-6-8(11)9-7-12-10(2,3)13-9/h4-6,8-9,11H,1,7H2,2-3H3/b6-5-/t8-,9+/m1/s1. The highest BCUT2D eigenvalue weighted by molar-refractivity contribution is 5.03. The molecule has 3 heteroatoms. The van der Waals surface area contributed by atoms with Crippen molar-refractivity contribution in [2.45, 2.75) is 31.8 Å². The molecule has 0 aromatic heterocycles. The normalized spacial score (nSPS) is 29.3. The van der Waals surface area contributed by atoms with Gasteiger partial charge in [0.05, 0.1) is 6.61 Å². The predicted octanol–water partition coefficient (Wildman–Crippen LogP) is 1.24. The number of hydrogen-bond acceptors (Lipinski definition) is 3. The second kappa shape index (κ2) is 4.05. The Morgan fingerprint density at radius 1 is 1.62 bits per heavy atom. The van der Waals surface area contributed by atoms with Gasteiger partial charge in [-0.25, -0.2) is 0 Å². The smallest absolute Gasteiger partial charge is 0.163 e. The van der Waals surface area contributed by atoms with Gasteiger partial charge in [-0.1, -0.05) is 24.8 Å². The first-order valence-electron chi connectivity index (χ1n) is 4.34. The van der Waals surface area contributed by atoms with Gasteiger partial charge in [0.15, 0.2) is 5.79 Å². The van der Waals surface area contributed by atoms with Crippen molar-refractivity contribution in [1.82, 2.24) is 0 Å². The van der Waals surface area contributed by atoms with Crippen molar-refractivity contribution in [2.24, 2.45) is 0 Å². The van der Waals surface area contributed by atoms with Gasteiger partial charge in [-0.15, -0.1) is 0 Å². The third-order valence-corrected chi connectivity index (χ3v) is 1.86.